The monoisotopic (exact) mass is 237 g/mol. The van der Waals surface area contributed by atoms with E-state index in [9.17, 15) is 14.9 Å². The van der Waals surface area contributed by atoms with E-state index in [0.29, 0.717) is 5.56 Å². The summed E-state index contributed by atoms with van der Waals surface area (Å²) >= 11 is 0. The first-order valence-electron chi connectivity index (χ1n) is 5.24. The summed E-state index contributed by atoms with van der Waals surface area (Å²) in [5.74, 6) is -0.466. The van der Waals surface area contributed by atoms with Crippen LogP contribution >= 0.6 is 0 Å². The van der Waals surface area contributed by atoms with Crippen LogP contribution in [0.15, 0.2) is 24.3 Å². The van der Waals surface area contributed by atoms with Crippen molar-refractivity contribution in [2.24, 2.45) is 0 Å². The van der Waals surface area contributed by atoms with Crippen LogP contribution in [-0.4, -0.2) is 16.5 Å². The maximum absolute atomic E-state index is 11.6. The van der Waals surface area contributed by atoms with Crippen LogP contribution in [0.2, 0.25) is 0 Å². The van der Waals surface area contributed by atoms with Crippen molar-refractivity contribution in [3.63, 3.8) is 0 Å². The number of carbonyl (C=O) groups excluding carboxylic acids is 1. The molecule has 0 heterocycles. The minimum Gasteiger partial charge on any atom is -0.460 e. The van der Waals surface area contributed by atoms with Crippen molar-refractivity contribution in [3.05, 3.63) is 39.9 Å². The second kappa shape index (κ2) is 4.95. The molecule has 0 aliphatic heterocycles. The molecule has 5 heteroatoms. The van der Waals surface area contributed by atoms with Gasteiger partial charge in [-0.1, -0.05) is 18.2 Å². The molecule has 1 rings (SSSR count). The first kappa shape index (κ1) is 13.2. The van der Waals surface area contributed by atoms with Gasteiger partial charge in [0.15, 0.2) is 0 Å². The fraction of sp³-hybridized carbons (Fsp3) is 0.417. The van der Waals surface area contributed by atoms with Gasteiger partial charge in [0.25, 0.3) is 5.69 Å². The highest BCUT2D eigenvalue weighted by Crippen LogP contribution is 2.19. The van der Waals surface area contributed by atoms with E-state index >= 15 is 0 Å². The number of carbonyl (C=O) groups is 1. The molecule has 0 N–H and O–H groups in total. The van der Waals surface area contributed by atoms with E-state index in [1.807, 2.05) is 0 Å². The van der Waals surface area contributed by atoms with E-state index in [-0.39, 0.29) is 12.1 Å². The molecular weight excluding hydrogens is 222 g/mol. The van der Waals surface area contributed by atoms with Gasteiger partial charge in [0.2, 0.25) is 0 Å². The number of hydrogen-bond donors (Lipinski definition) is 0. The van der Waals surface area contributed by atoms with Crippen molar-refractivity contribution < 1.29 is 14.5 Å². The van der Waals surface area contributed by atoms with Crippen molar-refractivity contribution in [3.8, 4) is 0 Å². The summed E-state index contributed by atoms with van der Waals surface area (Å²) in [6.07, 6.45) is -0.0889. The standard InChI is InChI=1S/C12H15NO4/c1-12(2,3)17-11(14)8-9-6-4-5-7-10(9)13(15)16/h4-7H,8H2,1-3H3. The maximum atomic E-state index is 11.6. The molecular formula is C12H15NO4. The van der Waals surface area contributed by atoms with Crippen LogP contribution in [0.4, 0.5) is 5.69 Å². The highest BCUT2D eigenvalue weighted by Gasteiger charge is 2.20. The van der Waals surface area contributed by atoms with Gasteiger partial charge in [-0.05, 0) is 20.8 Å². The van der Waals surface area contributed by atoms with Crippen LogP contribution in [0.1, 0.15) is 26.3 Å². The summed E-state index contributed by atoms with van der Waals surface area (Å²) < 4.78 is 5.11. The molecule has 0 aromatic heterocycles. The lowest BCUT2D eigenvalue weighted by Crippen LogP contribution is -2.25. The Bertz CT molecular complexity index is 434. The Kier molecular flexibility index (Phi) is 3.83. The summed E-state index contributed by atoms with van der Waals surface area (Å²) in [6.45, 7) is 5.26. The molecule has 0 aliphatic carbocycles. The molecule has 0 saturated heterocycles. The molecule has 5 nitrogen and oxygen atoms in total. The highest BCUT2D eigenvalue weighted by molar-refractivity contribution is 5.74. The van der Waals surface area contributed by atoms with E-state index in [2.05, 4.69) is 0 Å². The number of nitro groups is 1. The predicted octanol–water partition coefficient (Wildman–Crippen LogP) is 2.48. The largest absolute Gasteiger partial charge is 0.460 e. The first-order valence-corrected chi connectivity index (χ1v) is 5.24. The van der Waals surface area contributed by atoms with Crippen LogP contribution < -0.4 is 0 Å². The molecule has 1 aromatic rings. The van der Waals surface area contributed by atoms with E-state index in [1.54, 1.807) is 39.0 Å². The third-order valence-electron chi connectivity index (χ3n) is 1.94. The second-order valence-electron chi connectivity index (χ2n) is 4.65. The zero-order valence-electron chi connectivity index (χ0n) is 10.1. The summed E-state index contributed by atoms with van der Waals surface area (Å²) in [4.78, 5) is 21.8. The van der Waals surface area contributed by atoms with Crippen molar-refractivity contribution >= 4 is 11.7 Å². The normalized spacial score (nSPS) is 11.0. The number of ether oxygens (including phenoxy) is 1. The molecule has 1 aromatic carbocycles. The second-order valence-corrected chi connectivity index (χ2v) is 4.65. The van der Waals surface area contributed by atoms with E-state index < -0.39 is 16.5 Å². The summed E-state index contributed by atoms with van der Waals surface area (Å²) in [5.41, 5.74) is -0.272. The number of nitrogens with zero attached hydrogens (tertiary/aromatic N) is 1. The smallest absolute Gasteiger partial charge is 0.311 e. The Labute approximate surface area is 99.5 Å². The Morgan fingerprint density at radius 1 is 1.35 bits per heavy atom. The Morgan fingerprint density at radius 2 is 1.94 bits per heavy atom. The van der Waals surface area contributed by atoms with Gasteiger partial charge in [0, 0.05) is 11.6 Å². The lowest BCUT2D eigenvalue weighted by molar-refractivity contribution is -0.385. The van der Waals surface area contributed by atoms with Gasteiger partial charge in [-0.25, -0.2) is 0 Å². The molecule has 0 bridgehead atoms. The highest BCUT2D eigenvalue weighted by atomic mass is 16.6. The number of para-hydroxylation sites is 1. The third-order valence-corrected chi connectivity index (χ3v) is 1.94. The van der Waals surface area contributed by atoms with Gasteiger partial charge >= 0.3 is 5.97 Å². The molecule has 0 spiro atoms. The predicted molar refractivity (Wildman–Crippen MR) is 62.6 cm³/mol. The molecule has 0 saturated carbocycles. The molecule has 17 heavy (non-hydrogen) atoms. The fourth-order valence-electron chi connectivity index (χ4n) is 1.37. The molecule has 0 unspecified atom stereocenters. The molecule has 0 fully saturated rings. The van der Waals surface area contributed by atoms with Gasteiger partial charge in [-0.15, -0.1) is 0 Å². The number of rotatable bonds is 3. The fourth-order valence-corrected chi connectivity index (χ4v) is 1.37. The number of nitro benzene ring substituents is 1. The van der Waals surface area contributed by atoms with E-state index in [0.717, 1.165) is 0 Å². The topological polar surface area (TPSA) is 69.4 Å². The van der Waals surface area contributed by atoms with E-state index in [1.165, 1.54) is 6.07 Å². The van der Waals surface area contributed by atoms with E-state index in [4.69, 9.17) is 4.74 Å². The molecule has 0 aliphatic rings. The lowest BCUT2D eigenvalue weighted by atomic mass is 10.1. The molecule has 92 valence electrons. The number of benzene rings is 1. The van der Waals surface area contributed by atoms with Gasteiger partial charge in [0.1, 0.15) is 5.60 Å². The number of hydrogen-bond acceptors (Lipinski definition) is 4. The summed E-state index contributed by atoms with van der Waals surface area (Å²) in [5, 5.41) is 10.7. The van der Waals surface area contributed by atoms with Crippen molar-refractivity contribution in [1.82, 2.24) is 0 Å². The van der Waals surface area contributed by atoms with Crippen LogP contribution in [0.25, 0.3) is 0 Å². The van der Waals surface area contributed by atoms with Gasteiger partial charge in [-0.2, -0.15) is 0 Å². The average molecular weight is 237 g/mol. The van der Waals surface area contributed by atoms with Crippen molar-refractivity contribution in [2.45, 2.75) is 32.8 Å². The SMILES string of the molecule is CC(C)(C)OC(=O)Cc1ccccc1[N+](=O)[O-]. The molecule has 0 amide bonds. The van der Waals surface area contributed by atoms with Crippen LogP contribution in [0, 0.1) is 10.1 Å². The first-order chi connectivity index (χ1) is 7.79. The summed E-state index contributed by atoms with van der Waals surface area (Å²) in [6, 6.07) is 6.16. The van der Waals surface area contributed by atoms with Gasteiger partial charge < -0.3 is 4.74 Å². The summed E-state index contributed by atoms with van der Waals surface area (Å²) in [7, 11) is 0. The maximum Gasteiger partial charge on any atom is 0.311 e. The minimum absolute atomic E-state index is 0.0571. The zero-order valence-corrected chi connectivity index (χ0v) is 10.1. The van der Waals surface area contributed by atoms with Crippen molar-refractivity contribution in [1.29, 1.82) is 0 Å². The Balaban J connectivity index is 2.82. The van der Waals surface area contributed by atoms with Gasteiger partial charge in [-0.3, -0.25) is 14.9 Å². The number of esters is 1. The molecule has 0 radical (unpaired) electrons. The third kappa shape index (κ3) is 4.22. The van der Waals surface area contributed by atoms with Gasteiger partial charge in [0.05, 0.1) is 11.3 Å². The van der Waals surface area contributed by atoms with Crippen LogP contribution in [-0.2, 0) is 16.0 Å². The zero-order chi connectivity index (χ0) is 13.1. The average Bonchev–Trinajstić information content (AvgIpc) is 2.14. The quantitative estimate of drug-likeness (QED) is 0.460. The molecule has 0 atom stereocenters. The lowest BCUT2D eigenvalue weighted by Gasteiger charge is -2.19. The van der Waals surface area contributed by atoms with Crippen LogP contribution in [0.3, 0.4) is 0 Å². The Morgan fingerprint density at radius 3 is 2.47 bits per heavy atom. The minimum atomic E-state index is -0.583. The van der Waals surface area contributed by atoms with Crippen LogP contribution in [0.5, 0.6) is 0 Å². The van der Waals surface area contributed by atoms with Crippen molar-refractivity contribution in [2.75, 3.05) is 0 Å². The Hall–Kier alpha value is -1.91.